The molecule has 126 valence electrons. The number of benzene rings is 3. The first kappa shape index (κ1) is 16.0. The minimum absolute atomic E-state index is 0.0813. The number of pyridine rings is 1. The Kier molecular flexibility index (Phi) is 4.20. The van der Waals surface area contributed by atoms with Crippen LogP contribution in [0.25, 0.3) is 22.0 Å². The molecule has 0 N–H and O–H groups in total. The van der Waals surface area contributed by atoms with Crippen LogP contribution >= 0.6 is 0 Å². The lowest BCUT2D eigenvalue weighted by Gasteiger charge is -2.11. The Labute approximate surface area is 151 Å². The van der Waals surface area contributed by atoms with Crippen molar-refractivity contribution in [2.75, 3.05) is 7.11 Å². The zero-order valence-corrected chi connectivity index (χ0v) is 14.3. The Hall–Kier alpha value is -3.46. The smallest absolute Gasteiger partial charge is 0.212 e. The predicted molar refractivity (Wildman–Crippen MR) is 104 cm³/mol. The summed E-state index contributed by atoms with van der Waals surface area (Å²) >= 11 is 0. The van der Waals surface area contributed by atoms with Crippen molar-refractivity contribution in [3.8, 4) is 16.9 Å². The van der Waals surface area contributed by atoms with Gasteiger partial charge >= 0.3 is 0 Å². The molecule has 0 bridgehead atoms. The summed E-state index contributed by atoms with van der Waals surface area (Å²) in [6.45, 7) is 0. The van der Waals surface area contributed by atoms with Crippen molar-refractivity contribution < 1.29 is 9.53 Å². The van der Waals surface area contributed by atoms with Crippen LogP contribution in [0, 0.1) is 0 Å². The fourth-order valence-electron chi connectivity index (χ4n) is 3.02. The minimum Gasteiger partial charge on any atom is -0.497 e. The van der Waals surface area contributed by atoms with E-state index in [1.807, 2.05) is 84.9 Å². The second kappa shape index (κ2) is 6.81. The summed E-state index contributed by atoms with van der Waals surface area (Å²) < 4.78 is 5.32. The first-order valence-electron chi connectivity index (χ1n) is 8.40. The van der Waals surface area contributed by atoms with Crippen molar-refractivity contribution in [3.05, 3.63) is 96.2 Å². The van der Waals surface area contributed by atoms with E-state index in [0.717, 1.165) is 27.8 Å². The van der Waals surface area contributed by atoms with E-state index in [2.05, 4.69) is 0 Å². The van der Waals surface area contributed by atoms with E-state index < -0.39 is 0 Å². The summed E-state index contributed by atoms with van der Waals surface area (Å²) in [6.07, 6.45) is 0. The van der Waals surface area contributed by atoms with Crippen molar-refractivity contribution >= 4 is 16.7 Å². The zero-order valence-electron chi connectivity index (χ0n) is 14.3. The lowest BCUT2D eigenvalue weighted by atomic mass is 9.96. The molecule has 4 rings (SSSR count). The van der Waals surface area contributed by atoms with Crippen molar-refractivity contribution in [3.63, 3.8) is 0 Å². The zero-order chi connectivity index (χ0) is 17.9. The molecule has 1 heterocycles. The molecule has 0 saturated carbocycles. The van der Waals surface area contributed by atoms with Crippen molar-refractivity contribution in [1.29, 1.82) is 0 Å². The minimum atomic E-state index is -0.0813. The summed E-state index contributed by atoms with van der Waals surface area (Å²) in [5.74, 6) is 0.683. The molecule has 3 nitrogen and oxygen atoms in total. The molecular formula is C23H17NO2. The van der Waals surface area contributed by atoms with Gasteiger partial charge in [-0.1, -0.05) is 60.7 Å². The van der Waals surface area contributed by atoms with E-state index in [1.54, 1.807) is 7.11 Å². The molecular weight excluding hydrogens is 322 g/mol. The number of carbonyl (C=O) groups excluding carboxylic acids is 1. The molecule has 0 fully saturated rings. The van der Waals surface area contributed by atoms with E-state index in [0.29, 0.717) is 11.3 Å². The van der Waals surface area contributed by atoms with Crippen LogP contribution in [-0.4, -0.2) is 17.9 Å². The van der Waals surface area contributed by atoms with Crippen LogP contribution in [0.1, 0.15) is 16.1 Å². The second-order valence-corrected chi connectivity index (χ2v) is 6.00. The normalized spacial score (nSPS) is 10.7. The number of ketones is 1. The van der Waals surface area contributed by atoms with Gasteiger partial charge in [-0.25, -0.2) is 4.98 Å². The molecule has 0 amide bonds. The number of aromatic nitrogens is 1. The van der Waals surface area contributed by atoms with Crippen LogP contribution in [0.2, 0.25) is 0 Å². The van der Waals surface area contributed by atoms with E-state index in [1.165, 1.54) is 0 Å². The van der Waals surface area contributed by atoms with Gasteiger partial charge in [-0.15, -0.1) is 0 Å². The number of fused-ring (bicyclic) bond motifs is 1. The van der Waals surface area contributed by atoms with Gasteiger partial charge in [-0.3, -0.25) is 4.79 Å². The van der Waals surface area contributed by atoms with E-state index in [-0.39, 0.29) is 5.78 Å². The monoisotopic (exact) mass is 339 g/mol. The van der Waals surface area contributed by atoms with Gasteiger partial charge in [0.1, 0.15) is 11.4 Å². The maximum Gasteiger partial charge on any atom is 0.212 e. The quantitative estimate of drug-likeness (QED) is 0.483. The van der Waals surface area contributed by atoms with Gasteiger partial charge in [-0.2, -0.15) is 0 Å². The number of hydrogen-bond acceptors (Lipinski definition) is 3. The number of nitrogens with zero attached hydrogens (tertiary/aromatic N) is 1. The van der Waals surface area contributed by atoms with Crippen molar-refractivity contribution in [2.45, 2.75) is 0 Å². The first-order chi connectivity index (χ1) is 12.8. The van der Waals surface area contributed by atoms with E-state index in [9.17, 15) is 4.79 Å². The summed E-state index contributed by atoms with van der Waals surface area (Å²) in [5, 5.41) is 0.938. The third-order valence-corrected chi connectivity index (χ3v) is 4.36. The van der Waals surface area contributed by atoms with Gasteiger partial charge in [0.15, 0.2) is 0 Å². The van der Waals surface area contributed by atoms with Gasteiger partial charge in [0.25, 0.3) is 0 Å². The average Bonchev–Trinajstić information content (AvgIpc) is 2.73. The second-order valence-electron chi connectivity index (χ2n) is 6.00. The fraction of sp³-hybridized carbons (Fsp3) is 0.0435. The van der Waals surface area contributed by atoms with Crippen LogP contribution in [0.15, 0.2) is 84.9 Å². The SMILES string of the molecule is COc1ccc2nc(C(=O)c3ccccc3)c(-c3ccccc3)cc2c1. The van der Waals surface area contributed by atoms with Crippen LogP contribution in [0.3, 0.4) is 0 Å². The lowest BCUT2D eigenvalue weighted by Crippen LogP contribution is -2.07. The van der Waals surface area contributed by atoms with Gasteiger partial charge in [0.05, 0.1) is 12.6 Å². The molecule has 0 spiro atoms. The van der Waals surface area contributed by atoms with Gasteiger partial charge in [0.2, 0.25) is 5.78 Å². The van der Waals surface area contributed by atoms with Crippen LogP contribution in [0.5, 0.6) is 5.75 Å². The molecule has 4 aromatic rings. The maximum atomic E-state index is 13.1. The van der Waals surface area contributed by atoms with E-state index >= 15 is 0 Å². The summed E-state index contributed by atoms with van der Waals surface area (Å²) in [7, 11) is 1.64. The van der Waals surface area contributed by atoms with E-state index in [4.69, 9.17) is 9.72 Å². The summed E-state index contributed by atoms with van der Waals surface area (Å²) in [4.78, 5) is 17.8. The highest BCUT2D eigenvalue weighted by Crippen LogP contribution is 2.30. The third kappa shape index (κ3) is 2.95. The molecule has 0 atom stereocenters. The Balaban J connectivity index is 1.96. The summed E-state index contributed by atoms with van der Waals surface area (Å²) in [6, 6.07) is 26.8. The molecule has 26 heavy (non-hydrogen) atoms. The van der Waals surface area contributed by atoms with Gasteiger partial charge < -0.3 is 4.74 Å². The number of hydrogen-bond donors (Lipinski definition) is 0. The Morgan fingerprint density at radius 1 is 0.846 bits per heavy atom. The third-order valence-electron chi connectivity index (χ3n) is 4.36. The van der Waals surface area contributed by atoms with Crippen LogP contribution < -0.4 is 4.74 Å². The topological polar surface area (TPSA) is 39.2 Å². The number of ether oxygens (including phenoxy) is 1. The highest BCUT2D eigenvalue weighted by Gasteiger charge is 2.18. The number of carbonyl (C=O) groups is 1. The summed E-state index contributed by atoms with van der Waals surface area (Å²) in [5.41, 5.74) is 3.64. The van der Waals surface area contributed by atoms with Crippen molar-refractivity contribution in [1.82, 2.24) is 4.98 Å². The first-order valence-corrected chi connectivity index (χ1v) is 8.40. The molecule has 0 aliphatic carbocycles. The highest BCUT2D eigenvalue weighted by atomic mass is 16.5. The average molecular weight is 339 g/mol. The lowest BCUT2D eigenvalue weighted by molar-refractivity contribution is 0.103. The largest absolute Gasteiger partial charge is 0.497 e. The van der Waals surface area contributed by atoms with Gasteiger partial charge in [0, 0.05) is 16.5 Å². The molecule has 0 radical (unpaired) electrons. The Bertz CT molecular complexity index is 1070. The maximum absolute atomic E-state index is 13.1. The Morgan fingerprint density at radius 3 is 2.23 bits per heavy atom. The standard InChI is InChI=1S/C23H17NO2/c1-26-19-12-13-21-18(14-19)15-20(16-8-4-2-5-9-16)22(24-21)23(25)17-10-6-3-7-11-17/h2-15H,1H3. The van der Waals surface area contributed by atoms with Crippen LogP contribution in [0.4, 0.5) is 0 Å². The predicted octanol–water partition coefficient (Wildman–Crippen LogP) is 5.14. The molecule has 0 aliphatic rings. The number of rotatable bonds is 4. The molecule has 0 aliphatic heterocycles. The molecule has 1 aromatic heterocycles. The van der Waals surface area contributed by atoms with Crippen molar-refractivity contribution in [2.24, 2.45) is 0 Å². The van der Waals surface area contributed by atoms with Crippen LogP contribution in [-0.2, 0) is 0 Å². The Morgan fingerprint density at radius 2 is 1.54 bits per heavy atom. The molecule has 0 unspecified atom stereocenters. The number of methoxy groups -OCH3 is 1. The molecule has 0 saturated heterocycles. The van der Waals surface area contributed by atoms with Gasteiger partial charge in [-0.05, 0) is 29.8 Å². The molecule has 3 aromatic carbocycles. The highest BCUT2D eigenvalue weighted by molar-refractivity contribution is 6.12. The molecule has 3 heteroatoms. The fourth-order valence-corrected chi connectivity index (χ4v) is 3.02.